The van der Waals surface area contributed by atoms with E-state index in [1.54, 1.807) is 31.2 Å². The zero-order chi connectivity index (χ0) is 19.9. The van der Waals surface area contributed by atoms with Crippen LogP contribution in [0.4, 0.5) is 11.4 Å². The molecule has 5 nitrogen and oxygen atoms in total. The molecule has 0 radical (unpaired) electrons. The van der Waals surface area contributed by atoms with Crippen LogP contribution in [-0.4, -0.2) is 25.0 Å². The molecule has 27 heavy (non-hydrogen) atoms. The molecule has 0 aliphatic rings. The molecule has 0 atom stereocenters. The fourth-order valence-corrected chi connectivity index (χ4v) is 2.73. The van der Waals surface area contributed by atoms with Crippen LogP contribution in [-0.2, 0) is 14.9 Å². The number of hydrogen-bond acceptors (Lipinski definition) is 4. The largest absolute Gasteiger partial charge is 0.462 e. The molecule has 1 amide bonds. The van der Waals surface area contributed by atoms with Crippen LogP contribution in [0, 0.1) is 0 Å². The topological polar surface area (TPSA) is 67.4 Å². The first kappa shape index (κ1) is 20.5. The quantitative estimate of drug-likeness (QED) is 0.701. The van der Waals surface area contributed by atoms with Crippen LogP contribution in [0.15, 0.2) is 48.5 Å². The van der Waals surface area contributed by atoms with Gasteiger partial charge < -0.3 is 15.4 Å². The van der Waals surface area contributed by atoms with E-state index in [4.69, 9.17) is 4.74 Å². The second kappa shape index (κ2) is 9.21. The second-order valence-electron chi connectivity index (χ2n) is 7.32. The number of amides is 1. The number of nitrogens with one attached hydrogen (secondary N) is 2. The first-order valence-electron chi connectivity index (χ1n) is 9.21. The average Bonchev–Trinajstić information content (AvgIpc) is 2.62. The zero-order valence-electron chi connectivity index (χ0n) is 16.5. The summed E-state index contributed by atoms with van der Waals surface area (Å²) in [7, 11) is 0. The Labute approximate surface area is 161 Å². The van der Waals surface area contributed by atoms with Crippen molar-refractivity contribution in [1.82, 2.24) is 0 Å². The molecule has 0 saturated heterocycles. The van der Waals surface area contributed by atoms with Crippen molar-refractivity contribution in [2.45, 2.75) is 39.5 Å². The summed E-state index contributed by atoms with van der Waals surface area (Å²) >= 11 is 0. The van der Waals surface area contributed by atoms with Gasteiger partial charge in [-0.25, -0.2) is 4.79 Å². The molecule has 0 aliphatic carbocycles. The fourth-order valence-electron chi connectivity index (χ4n) is 2.73. The SMILES string of the molecule is CCOC(=O)c1ccc(NC(=O)CCNc2ccccc2C(C)(C)C)cc1. The number of carbonyl (C=O) groups is 2. The standard InChI is InChI=1S/C22H28N2O3/c1-5-27-21(26)16-10-12-17(13-11-16)24-20(25)14-15-23-19-9-7-6-8-18(19)22(2,3)4/h6-13,23H,5,14-15H2,1-4H3,(H,24,25). The van der Waals surface area contributed by atoms with Gasteiger partial charge in [-0.1, -0.05) is 39.0 Å². The Morgan fingerprint density at radius 2 is 1.67 bits per heavy atom. The number of para-hydroxylation sites is 1. The van der Waals surface area contributed by atoms with E-state index in [0.29, 0.717) is 30.8 Å². The van der Waals surface area contributed by atoms with Crippen LogP contribution in [0.3, 0.4) is 0 Å². The van der Waals surface area contributed by atoms with Crippen LogP contribution < -0.4 is 10.6 Å². The zero-order valence-corrected chi connectivity index (χ0v) is 16.5. The summed E-state index contributed by atoms with van der Waals surface area (Å²) in [5.74, 6) is -0.447. The van der Waals surface area contributed by atoms with Crippen LogP contribution in [0.1, 0.15) is 50.0 Å². The van der Waals surface area contributed by atoms with E-state index in [2.05, 4.69) is 37.5 Å². The van der Waals surface area contributed by atoms with Crippen molar-refractivity contribution in [3.8, 4) is 0 Å². The van der Waals surface area contributed by atoms with Crippen molar-refractivity contribution in [3.05, 3.63) is 59.7 Å². The van der Waals surface area contributed by atoms with Gasteiger partial charge in [0, 0.05) is 24.3 Å². The van der Waals surface area contributed by atoms with Gasteiger partial charge in [0.2, 0.25) is 5.91 Å². The molecule has 2 aromatic rings. The second-order valence-corrected chi connectivity index (χ2v) is 7.32. The normalized spacial score (nSPS) is 11.0. The lowest BCUT2D eigenvalue weighted by Gasteiger charge is -2.23. The number of benzene rings is 2. The van der Waals surface area contributed by atoms with E-state index in [1.807, 2.05) is 18.2 Å². The minimum Gasteiger partial charge on any atom is -0.462 e. The van der Waals surface area contributed by atoms with E-state index in [0.717, 1.165) is 5.69 Å². The molecule has 0 saturated carbocycles. The maximum Gasteiger partial charge on any atom is 0.338 e. The molecule has 144 valence electrons. The highest BCUT2D eigenvalue weighted by molar-refractivity contribution is 5.93. The van der Waals surface area contributed by atoms with Crippen LogP contribution in [0.2, 0.25) is 0 Å². The summed E-state index contributed by atoms with van der Waals surface area (Å²) in [4.78, 5) is 23.8. The molecule has 0 bridgehead atoms. The minimum absolute atomic E-state index is 0.0342. The van der Waals surface area contributed by atoms with E-state index >= 15 is 0 Å². The Morgan fingerprint density at radius 3 is 2.30 bits per heavy atom. The summed E-state index contributed by atoms with van der Waals surface area (Å²) in [6.07, 6.45) is 0.345. The summed E-state index contributed by atoms with van der Waals surface area (Å²) in [6, 6.07) is 14.8. The number of esters is 1. The Kier molecular flexibility index (Phi) is 6.99. The first-order chi connectivity index (χ1) is 12.8. The lowest BCUT2D eigenvalue weighted by molar-refractivity contribution is -0.115. The van der Waals surface area contributed by atoms with Crippen molar-refractivity contribution in [2.24, 2.45) is 0 Å². The van der Waals surface area contributed by atoms with E-state index in [-0.39, 0.29) is 17.3 Å². The lowest BCUT2D eigenvalue weighted by Crippen LogP contribution is -2.19. The third-order valence-electron chi connectivity index (χ3n) is 4.08. The Morgan fingerprint density at radius 1 is 1.00 bits per heavy atom. The molecule has 2 aromatic carbocycles. The van der Waals surface area contributed by atoms with Crippen molar-refractivity contribution < 1.29 is 14.3 Å². The van der Waals surface area contributed by atoms with Crippen molar-refractivity contribution in [3.63, 3.8) is 0 Å². The van der Waals surface area contributed by atoms with Gasteiger partial charge in [-0.2, -0.15) is 0 Å². The highest BCUT2D eigenvalue weighted by Gasteiger charge is 2.17. The molecule has 2 rings (SSSR count). The molecular formula is C22H28N2O3. The third kappa shape index (κ3) is 6.13. The summed E-state index contributed by atoms with van der Waals surface area (Å²) in [6.45, 7) is 9.14. The number of ether oxygens (including phenoxy) is 1. The molecule has 0 fully saturated rings. The molecule has 0 aliphatic heterocycles. The van der Waals surface area contributed by atoms with Gasteiger partial charge in [0.1, 0.15) is 0 Å². The van der Waals surface area contributed by atoms with Crippen LogP contribution in [0.25, 0.3) is 0 Å². The van der Waals surface area contributed by atoms with Crippen molar-refractivity contribution in [2.75, 3.05) is 23.8 Å². The summed E-state index contributed by atoms with van der Waals surface area (Å²) < 4.78 is 4.94. The molecule has 0 unspecified atom stereocenters. The van der Waals surface area contributed by atoms with Gasteiger partial charge in [0.05, 0.1) is 12.2 Å². The smallest absolute Gasteiger partial charge is 0.338 e. The Bertz CT molecular complexity index is 777. The lowest BCUT2D eigenvalue weighted by atomic mass is 9.86. The third-order valence-corrected chi connectivity index (χ3v) is 4.08. The van der Waals surface area contributed by atoms with Gasteiger partial charge in [0.25, 0.3) is 0 Å². The average molecular weight is 368 g/mol. The molecular weight excluding hydrogens is 340 g/mol. The van der Waals surface area contributed by atoms with Gasteiger partial charge >= 0.3 is 5.97 Å². The highest BCUT2D eigenvalue weighted by atomic mass is 16.5. The van der Waals surface area contributed by atoms with Crippen molar-refractivity contribution in [1.29, 1.82) is 0 Å². The maximum absolute atomic E-state index is 12.2. The van der Waals surface area contributed by atoms with Gasteiger partial charge in [-0.3, -0.25) is 4.79 Å². The van der Waals surface area contributed by atoms with Gasteiger partial charge in [0.15, 0.2) is 0 Å². The molecule has 0 heterocycles. The highest BCUT2D eigenvalue weighted by Crippen LogP contribution is 2.29. The van der Waals surface area contributed by atoms with E-state index in [1.165, 1.54) is 5.56 Å². The Balaban J connectivity index is 1.86. The van der Waals surface area contributed by atoms with Crippen LogP contribution >= 0.6 is 0 Å². The summed E-state index contributed by atoms with van der Waals surface area (Å²) in [5, 5.41) is 6.19. The predicted octanol–water partition coefficient (Wildman–Crippen LogP) is 4.60. The minimum atomic E-state index is -0.364. The monoisotopic (exact) mass is 368 g/mol. The molecule has 0 aromatic heterocycles. The fraction of sp³-hybridized carbons (Fsp3) is 0.364. The summed E-state index contributed by atoms with van der Waals surface area (Å²) in [5.41, 5.74) is 3.43. The van der Waals surface area contributed by atoms with Gasteiger partial charge in [-0.15, -0.1) is 0 Å². The number of hydrogen-bond donors (Lipinski definition) is 2. The first-order valence-corrected chi connectivity index (χ1v) is 9.21. The number of carbonyl (C=O) groups excluding carboxylic acids is 2. The molecule has 0 spiro atoms. The maximum atomic E-state index is 12.2. The molecule has 2 N–H and O–H groups in total. The molecule has 5 heteroatoms. The number of anilines is 2. The van der Waals surface area contributed by atoms with Gasteiger partial charge in [-0.05, 0) is 48.2 Å². The van der Waals surface area contributed by atoms with E-state index < -0.39 is 0 Å². The number of rotatable bonds is 7. The van der Waals surface area contributed by atoms with Crippen molar-refractivity contribution >= 4 is 23.3 Å². The van der Waals surface area contributed by atoms with Crippen LogP contribution in [0.5, 0.6) is 0 Å². The Hall–Kier alpha value is -2.82. The van der Waals surface area contributed by atoms with E-state index in [9.17, 15) is 9.59 Å². The predicted molar refractivity (Wildman–Crippen MR) is 109 cm³/mol.